The third-order valence-corrected chi connectivity index (χ3v) is 0. The van der Waals surface area contributed by atoms with E-state index in [2.05, 4.69) is 33.5 Å². The maximum atomic E-state index is 7.50. The SMILES string of the molecule is C=C[CH2-].[Br-].[C-]#[O+].[C-]#[O+].[C-]#[O+].[Fe+2]. The number of allylic oxidation sites excluding steroid dienone is 1. The van der Waals surface area contributed by atoms with Gasteiger partial charge in [0.1, 0.15) is 0 Å². The molecule has 5 heteroatoms. The molecule has 0 aromatic carbocycles. The maximum Gasteiger partial charge on any atom is 2.00 e. The summed E-state index contributed by atoms with van der Waals surface area (Å²) in [4.78, 5) is 0. The fourth-order valence-corrected chi connectivity index (χ4v) is 0. The summed E-state index contributed by atoms with van der Waals surface area (Å²) in [5.41, 5.74) is 0. The molecule has 0 N–H and O–H groups in total. The molecule has 0 saturated carbocycles. The minimum Gasteiger partial charge on any atom is 2.00 e. The summed E-state index contributed by atoms with van der Waals surface area (Å²) in [6.07, 6.45) is 1.50. The van der Waals surface area contributed by atoms with E-state index in [9.17, 15) is 0 Å². The molecule has 0 aliphatic rings. The minimum atomic E-state index is 0. The molecule has 0 spiro atoms. The van der Waals surface area contributed by atoms with Gasteiger partial charge in [-0.15, -0.1) is 0 Å². The smallest absolute Gasteiger partial charge is 2.00 e. The van der Waals surface area contributed by atoms with E-state index in [4.69, 9.17) is 14.0 Å². The zero-order chi connectivity index (χ0) is 8.71. The first-order valence-electron chi connectivity index (χ1n) is 1.43. The van der Waals surface area contributed by atoms with E-state index in [1.165, 1.54) is 6.08 Å². The van der Waals surface area contributed by atoms with Crippen molar-refractivity contribution in [1.82, 2.24) is 0 Å². The van der Waals surface area contributed by atoms with Crippen LogP contribution in [0.4, 0.5) is 0 Å². The summed E-state index contributed by atoms with van der Waals surface area (Å²) in [6, 6.07) is 0. The zero-order valence-corrected chi connectivity index (χ0v) is 8.14. The van der Waals surface area contributed by atoms with Crippen LogP contribution in [-0.2, 0) is 31.0 Å². The predicted molar refractivity (Wildman–Crippen MR) is 27.3 cm³/mol. The van der Waals surface area contributed by atoms with Crippen LogP contribution in [0.5, 0.6) is 0 Å². The molecule has 0 aromatic heterocycles. The molecule has 0 atom stereocenters. The van der Waals surface area contributed by atoms with Crippen molar-refractivity contribution in [3.8, 4) is 0 Å². The van der Waals surface area contributed by atoms with Crippen LogP contribution < -0.4 is 17.0 Å². The van der Waals surface area contributed by atoms with Crippen molar-refractivity contribution in [2.24, 2.45) is 0 Å². The summed E-state index contributed by atoms with van der Waals surface area (Å²) in [5.74, 6) is 0. The minimum absolute atomic E-state index is 0. The molecular weight excluding hydrogens is 256 g/mol. The van der Waals surface area contributed by atoms with Gasteiger partial charge in [0.2, 0.25) is 0 Å². The standard InChI is InChI=1S/C3H5.3CO.BrH.Fe/c1-3-2;3*1-2;;/h3H,1-2H2;;;;1H;/q-1;;;;;+2/p-1. The van der Waals surface area contributed by atoms with Gasteiger partial charge in [-0.05, 0) is 0 Å². The number of hydrogen-bond acceptors (Lipinski definition) is 0. The van der Waals surface area contributed by atoms with Crippen LogP contribution in [-0.4, -0.2) is 0 Å². The Kier molecular flexibility index (Phi) is 4540. The number of halogens is 1. The Morgan fingerprint density at radius 1 is 1.00 bits per heavy atom. The van der Waals surface area contributed by atoms with Gasteiger partial charge in [0.25, 0.3) is 0 Å². The van der Waals surface area contributed by atoms with Gasteiger partial charge in [-0.25, -0.2) is 19.6 Å². The second kappa shape index (κ2) is 1110. The number of rotatable bonds is 0. The molecule has 0 amide bonds. The molecule has 3 nitrogen and oxygen atoms in total. The molecule has 0 rings (SSSR count). The normalized spacial score (nSPS) is 1.64. The molecule has 0 fully saturated rings. The third-order valence-electron chi connectivity index (χ3n) is 0. The van der Waals surface area contributed by atoms with Gasteiger partial charge in [-0.1, -0.05) is 0 Å². The Morgan fingerprint density at radius 3 is 1.00 bits per heavy atom. The first-order chi connectivity index (χ1) is 4.41. The van der Waals surface area contributed by atoms with Gasteiger partial charge < -0.3 is 17.0 Å². The molecule has 0 bridgehead atoms. The van der Waals surface area contributed by atoms with E-state index in [0.717, 1.165) is 0 Å². The van der Waals surface area contributed by atoms with E-state index >= 15 is 0 Å². The largest absolute Gasteiger partial charge is 2.00 e. The molecule has 0 unspecified atom stereocenters. The van der Waals surface area contributed by atoms with Crippen LogP contribution in [0.1, 0.15) is 0 Å². The first-order valence-corrected chi connectivity index (χ1v) is 1.43. The predicted octanol–water partition coefficient (Wildman–Crippen LogP) is -2.10. The molecule has 0 saturated heterocycles. The van der Waals surface area contributed by atoms with Gasteiger partial charge in [-0.2, -0.15) is 0 Å². The van der Waals surface area contributed by atoms with Gasteiger partial charge in [-0.3, -0.25) is 0 Å². The molecule has 0 aromatic rings. The molecule has 11 heavy (non-hydrogen) atoms. The fourth-order valence-electron chi connectivity index (χ4n) is 0. The maximum absolute atomic E-state index is 7.50. The quantitative estimate of drug-likeness (QED) is 0.272. The monoisotopic (exact) mass is 260 g/mol. The Bertz CT molecular complexity index is 73.3. The Balaban J connectivity index is -0.00000000729. The summed E-state index contributed by atoms with van der Waals surface area (Å²) >= 11 is 0. The van der Waals surface area contributed by atoms with Crippen molar-refractivity contribution >= 4 is 0 Å². The van der Waals surface area contributed by atoms with Crippen LogP contribution >= 0.6 is 0 Å². The van der Waals surface area contributed by atoms with Crippen LogP contribution in [0.2, 0.25) is 0 Å². The van der Waals surface area contributed by atoms with Crippen molar-refractivity contribution in [3.63, 3.8) is 0 Å². The molecule has 0 aliphatic heterocycles. The van der Waals surface area contributed by atoms with Gasteiger partial charge >= 0.3 is 51.0 Å². The second-order valence-corrected chi connectivity index (χ2v) is 0.289. The van der Waals surface area contributed by atoms with Gasteiger partial charge in [0.15, 0.2) is 0 Å². The van der Waals surface area contributed by atoms with E-state index in [1.54, 1.807) is 0 Å². The summed E-state index contributed by atoms with van der Waals surface area (Å²) in [5, 5.41) is 0. The summed E-state index contributed by atoms with van der Waals surface area (Å²) < 4.78 is 22.5. The van der Waals surface area contributed by atoms with Crippen molar-refractivity contribution in [2.75, 3.05) is 0 Å². The Morgan fingerprint density at radius 2 is 1.00 bits per heavy atom. The molecular formula is C6H5BrFeO3. The van der Waals surface area contributed by atoms with E-state index in [-0.39, 0.29) is 34.1 Å². The molecule has 0 radical (unpaired) electrons. The van der Waals surface area contributed by atoms with Crippen molar-refractivity contribution in [1.29, 1.82) is 0 Å². The van der Waals surface area contributed by atoms with E-state index in [1.807, 2.05) is 0 Å². The Labute approximate surface area is 87.6 Å². The van der Waals surface area contributed by atoms with Crippen LogP contribution in [0.25, 0.3) is 0 Å². The Hall–Kier alpha value is -0.171. The summed E-state index contributed by atoms with van der Waals surface area (Å²) in [7, 11) is 0. The van der Waals surface area contributed by atoms with Gasteiger partial charge in [0, 0.05) is 0 Å². The average molecular weight is 261 g/mol. The third kappa shape index (κ3) is 20700. The van der Waals surface area contributed by atoms with Crippen molar-refractivity contribution < 1.29 is 48.0 Å². The average Bonchev–Trinajstić information content (AvgIpc) is 2.01. The summed E-state index contributed by atoms with van der Waals surface area (Å²) in [6.45, 7) is 20.0. The van der Waals surface area contributed by atoms with Crippen LogP contribution in [0.15, 0.2) is 12.7 Å². The second-order valence-electron chi connectivity index (χ2n) is 0.289. The molecule has 62 valence electrons. The van der Waals surface area contributed by atoms with Crippen LogP contribution in [0, 0.1) is 26.9 Å². The fraction of sp³-hybridized carbons (Fsp3) is 0. The molecule has 0 heterocycles. The molecule has 0 aliphatic carbocycles. The van der Waals surface area contributed by atoms with Crippen molar-refractivity contribution in [3.05, 3.63) is 39.5 Å². The van der Waals surface area contributed by atoms with Crippen LogP contribution in [0.3, 0.4) is 0 Å². The van der Waals surface area contributed by atoms with E-state index in [0.29, 0.717) is 0 Å². The first kappa shape index (κ1) is 44.9. The topological polar surface area (TPSA) is 59.7 Å². The van der Waals surface area contributed by atoms with E-state index < -0.39 is 0 Å². The van der Waals surface area contributed by atoms with Crippen molar-refractivity contribution in [2.45, 2.75) is 0 Å². The van der Waals surface area contributed by atoms with Gasteiger partial charge in [0.05, 0.1) is 0 Å². The zero-order valence-electron chi connectivity index (χ0n) is 5.45. The number of hydrogen-bond donors (Lipinski definition) is 0.